The Morgan fingerprint density at radius 3 is 2.38 bits per heavy atom. The van der Waals surface area contributed by atoms with E-state index in [2.05, 4.69) is 44.2 Å². The monoisotopic (exact) mass is 212 g/mol. The van der Waals surface area contributed by atoms with Crippen molar-refractivity contribution in [3.8, 4) is 0 Å². The molecule has 0 saturated heterocycles. The zero-order valence-electron chi connectivity index (χ0n) is 8.33. The van der Waals surface area contributed by atoms with Crippen molar-refractivity contribution in [2.45, 2.75) is 25.8 Å². The maximum atomic E-state index is 6.04. The van der Waals surface area contributed by atoms with Crippen LogP contribution in [0.2, 0.25) is 5.54 Å². The lowest BCUT2D eigenvalue weighted by Gasteiger charge is -2.18. The van der Waals surface area contributed by atoms with Gasteiger partial charge >= 0.3 is 0 Å². The first kappa shape index (κ1) is 10.8. The van der Waals surface area contributed by atoms with Crippen LogP contribution in [-0.4, -0.2) is 14.3 Å². The second-order valence-electron chi connectivity index (χ2n) is 3.56. The Morgan fingerprint density at radius 1 is 1.31 bits per heavy atom. The van der Waals surface area contributed by atoms with Crippen LogP contribution in [0.3, 0.4) is 0 Å². The summed E-state index contributed by atoms with van der Waals surface area (Å²) < 4.78 is 0. The summed E-state index contributed by atoms with van der Waals surface area (Å²) in [6.45, 7) is 4.58. The SMILES string of the molecule is CCC(C)[SiH](CCl)c1ccccc1. The van der Waals surface area contributed by atoms with Crippen LogP contribution in [0.5, 0.6) is 0 Å². The second-order valence-corrected chi connectivity index (χ2v) is 7.81. The number of benzene rings is 1. The third-order valence-electron chi connectivity index (χ3n) is 2.72. The molecule has 2 unspecified atom stereocenters. The van der Waals surface area contributed by atoms with Gasteiger partial charge in [0.15, 0.2) is 0 Å². The standard InChI is InChI=1S/C11H17ClSi/c1-3-10(2)13(9-12)11-7-5-4-6-8-11/h4-8,10,13H,3,9H2,1-2H3. The molecule has 0 fully saturated rings. The van der Waals surface area contributed by atoms with Gasteiger partial charge in [-0.05, 0) is 5.54 Å². The Bertz CT molecular complexity index is 235. The highest BCUT2D eigenvalue weighted by molar-refractivity contribution is 6.80. The topological polar surface area (TPSA) is 0 Å². The molecule has 2 atom stereocenters. The maximum Gasteiger partial charge on any atom is 0.0894 e. The minimum Gasteiger partial charge on any atom is -0.130 e. The van der Waals surface area contributed by atoms with Gasteiger partial charge in [-0.25, -0.2) is 0 Å². The number of alkyl halides is 1. The summed E-state index contributed by atoms with van der Waals surface area (Å²) in [5, 5.41) is 1.51. The quantitative estimate of drug-likeness (QED) is 0.532. The van der Waals surface area contributed by atoms with Gasteiger partial charge in [0, 0.05) is 5.50 Å². The summed E-state index contributed by atoms with van der Waals surface area (Å²) >= 11 is 6.04. The van der Waals surface area contributed by atoms with Crippen LogP contribution in [0.1, 0.15) is 20.3 Å². The Kier molecular flexibility index (Phi) is 4.53. The van der Waals surface area contributed by atoms with Crippen molar-refractivity contribution in [1.82, 2.24) is 0 Å². The average molecular weight is 213 g/mol. The van der Waals surface area contributed by atoms with Crippen molar-refractivity contribution in [3.63, 3.8) is 0 Å². The molecule has 0 aliphatic rings. The maximum absolute atomic E-state index is 6.04. The van der Waals surface area contributed by atoms with E-state index in [-0.39, 0.29) is 0 Å². The molecule has 13 heavy (non-hydrogen) atoms. The van der Waals surface area contributed by atoms with E-state index in [1.54, 1.807) is 0 Å². The van der Waals surface area contributed by atoms with Gasteiger partial charge in [-0.15, -0.1) is 11.6 Å². The summed E-state index contributed by atoms with van der Waals surface area (Å²) in [4.78, 5) is 0. The molecule has 0 aliphatic carbocycles. The molecular formula is C11H17ClSi. The van der Waals surface area contributed by atoms with Crippen LogP contribution >= 0.6 is 11.6 Å². The lowest BCUT2D eigenvalue weighted by Crippen LogP contribution is -2.35. The zero-order valence-corrected chi connectivity index (χ0v) is 10.2. The van der Waals surface area contributed by atoms with Crippen LogP contribution in [-0.2, 0) is 0 Å². The zero-order chi connectivity index (χ0) is 9.68. The molecule has 0 aromatic heterocycles. The summed E-state index contributed by atoms with van der Waals surface area (Å²) in [7, 11) is -0.900. The fourth-order valence-electron chi connectivity index (χ4n) is 1.55. The third-order valence-corrected chi connectivity index (χ3v) is 7.14. The molecule has 1 aromatic rings. The van der Waals surface area contributed by atoms with Gasteiger partial charge in [0.25, 0.3) is 0 Å². The molecule has 0 spiro atoms. The van der Waals surface area contributed by atoms with Crippen LogP contribution in [0.15, 0.2) is 30.3 Å². The van der Waals surface area contributed by atoms with Crippen molar-refractivity contribution < 1.29 is 0 Å². The molecule has 1 aromatic carbocycles. The van der Waals surface area contributed by atoms with Gasteiger partial charge in [0.1, 0.15) is 0 Å². The Labute approximate surface area is 87.5 Å². The smallest absolute Gasteiger partial charge is 0.0894 e. The van der Waals surface area contributed by atoms with Gasteiger partial charge in [-0.2, -0.15) is 0 Å². The van der Waals surface area contributed by atoms with Crippen molar-refractivity contribution in [2.75, 3.05) is 5.50 Å². The van der Waals surface area contributed by atoms with Crippen LogP contribution in [0, 0.1) is 0 Å². The Balaban J connectivity index is 2.78. The number of hydrogen-bond donors (Lipinski definition) is 0. The first-order valence-electron chi connectivity index (χ1n) is 4.90. The largest absolute Gasteiger partial charge is 0.130 e. The normalized spacial score (nSPS) is 15.3. The lowest BCUT2D eigenvalue weighted by molar-refractivity contribution is 0.862. The van der Waals surface area contributed by atoms with Gasteiger partial charge in [0.05, 0.1) is 8.80 Å². The van der Waals surface area contributed by atoms with E-state index in [4.69, 9.17) is 11.6 Å². The van der Waals surface area contributed by atoms with Gasteiger partial charge in [-0.3, -0.25) is 0 Å². The molecule has 0 aliphatic heterocycles. The third kappa shape index (κ3) is 2.85. The molecule has 0 radical (unpaired) electrons. The minimum atomic E-state index is -0.900. The van der Waals surface area contributed by atoms with Crippen LogP contribution in [0.25, 0.3) is 0 Å². The molecule has 0 amide bonds. The van der Waals surface area contributed by atoms with Crippen molar-refractivity contribution in [1.29, 1.82) is 0 Å². The van der Waals surface area contributed by atoms with E-state index in [1.807, 2.05) is 0 Å². The molecule has 1 rings (SSSR count). The summed E-state index contributed by atoms with van der Waals surface area (Å²) in [6.07, 6.45) is 1.25. The summed E-state index contributed by atoms with van der Waals surface area (Å²) in [5.41, 5.74) is 1.67. The van der Waals surface area contributed by atoms with E-state index in [1.165, 1.54) is 11.6 Å². The van der Waals surface area contributed by atoms with E-state index < -0.39 is 8.80 Å². The molecule has 0 nitrogen and oxygen atoms in total. The Hall–Kier alpha value is -0.273. The average Bonchev–Trinajstić information content (AvgIpc) is 2.20. The lowest BCUT2D eigenvalue weighted by atomic mass is 10.4. The first-order chi connectivity index (χ1) is 6.29. The summed E-state index contributed by atoms with van der Waals surface area (Å²) in [5.74, 6) is 0. The first-order valence-corrected chi connectivity index (χ1v) is 7.50. The van der Waals surface area contributed by atoms with E-state index in [9.17, 15) is 0 Å². The highest BCUT2D eigenvalue weighted by atomic mass is 35.5. The van der Waals surface area contributed by atoms with Crippen molar-refractivity contribution in [2.24, 2.45) is 0 Å². The number of halogens is 1. The minimum absolute atomic E-state index is 0.805. The summed E-state index contributed by atoms with van der Waals surface area (Å²) in [6, 6.07) is 10.8. The molecule has 0 heterocycles. The predicted molar refractivity (Wildman–Crippen MR) is 63.7 cm³/mol. The molecular weight excluding hydrogens is 196 g/mol. The van der Waals surface area contributed by atoms with Crippen molar-refractivity contribution >= 4 is 25.6 Å². The van der Waals surface area contributed by atoms with Gasteiger partial charge in [-0.1, -0.05) is 55.8 Å². The molecule has 0 saturated carbocycles. The van der Waals surface area contributed by atoms with E-state index in [0.717, 1.165) is 11.0 Å². The predicted octanol–water partition coefficient (Wildman–Crippen LogP) is 2.70. The fraction of sp³-hybridized carbons (Fsp3) is 0.455. The highest BCUT2D eigenvalue weighted by Gasteiger charge is 2.17. The molecule has 0 bridgehead atoms. The van der Waals surface area contributed by atoms with Gasteiger partial charge in [0.2, 0.25) is 0 Å². The molecule has 2 heteroatoms. The number of rotatable bonds is 4. The Morgan fingerprint density at radius 2 is 1.92 bits per heavy atom. The molecule has 72 valence electrons. The van der Waals surface area contributed by atoms with Crippen molar-refractivity contribution in [3.05, 3.63) is 30.3 Å². The highest BCUT2D eigenvalue weighted by Crippen LogP contribution is 2.14. The number of hydrogen-bond acceptors (Lipinski definition) is 0. The van der Waals surface area contributed by atoms with Crippen LogP contribution in [0.4, 0.5) is 0 Å². The molecule has 0 N–H and O–H groups in total. The van der Waals surface area contributed by atoms with Gasteiger partial charge < -0.3 is 0 Å². The van der Waals surface area contributed by atoms with E-state index >= 15 is 0 Å². The second kappa shape index (κ2) is 5.46. The fourth-order valence-corrected chi connectivity index (χ4v) is 5.43. The van der Waals surface area contributed by atoms with E-state index in [0.29, 0.717) is 0 Å². The van der Waals surface area contributed by atoms with Crippen LogP contribution < -0.4 is 5.19 Å².